The van der Waals surface area contributed by atoms with Gasteiger partial charge in [0.1, 0.15) is 47.2 Å². The zero-order valence-electron chi connectivity index (χ0n) is 32.0. The van der Waals surface area contributed by atoms with E-state index >= 15 is 0 Å². The van der Waals surface area contributed by atoms with E-state index in [-0.39, 0.29) is 31.8 Å². The van der Waals surface area contributed by atoms with Crippen molar-refractivity contribution in [3.05, 3.63) is 43.1 Å². The van der Waals surface area contributed by atoms with Crippen LogP contribution < -0.4 is 24.8 Å². The number of alkyl carbamates (subject to hydrolysis) is 1. The van der Waals surface area contributed by atoms with E-state index in [1.807, 2.05) is 0 Å². The summed E-state index contributed by atoms with van der Waals surface area (Å²) in [6.45, 7) is 8.52. The molecule has 1 aromatic carbocycles. The third kappa shape index (κ3) is 8.20. The van der Waals surface area contributed by atoms with E-state index in [1.54, 1.807) is 45.0 Å². The number of aromatic nitrogens is 1. The van der Waals surface area contributed by atoms with Gasteiger partial charge < -0.3 is 39.4 Å². The van der Waals surface area contributed by atoms with Crippen molar-refractivity contribution < 1.29 is 56.1 Å². The number of amides is 5. The molecule has 3 unspecified atom stereocenters. The summed E-state index contributed by atoms with van der Waals surface area (Å²) >= 11 is 0. The summed E-state index contributed by atoms with van der Waals surface area (Å²) < 4.78 is 49.9. The Kier molecular flexibility index (Phi) is 10.3. The molecule has 57 heavy (non-hydrogen) atoms. The maximum absolute atomic E-state index is 14.7. The molecule has 0 radical (unpaired) electrons. The van der Waals surface area contributed by atoms with Gasteiger partial charge in [0.2, 0.25) is 33.6 Å². The van der Waals surface area contributed by atoms with Crippen LogP contribution in [0.2, 0.25) is 0 Å². The SMILES string of the molecule is C=CC1C[C@]1(NC(=O)C1CC(Oc2nccc3cc(OC)ccc23)CN1C(=O)[C@H](CC(=O)N1C[C@@H]2C[C@H]1C(=O)O2)NC(=O)OC(C)(C)C)C(=O)NS(=O)(=O)C1CC1. The van der Waals surface area contributed by atoms with Crippen LogP contribution in [0, 0.1) is 5.92 Å². The first-order valence-corrected chi connectivity index (χ1v) is 20.4. The lowest BCUT2D eigenvalue weighted by Crippen LogP contribution is -2.59. The van der Waals surface area contributed by atoms with E-state index in [9.17, 15) is 37.2 Å². The molecule has 2 bridgehead atoms. The lowest BCUT2D eigenvalue weighted by Gasteiger charge is -2.31. The summed E-state index contributed by atoms with van der Waals surface area (Å²) in [6, 6.07) is 3.32. The zero-order valence-corrected chi connectivity index (χ0v) is 32.8. The van der Waals surface area contributed by atoms with E-state index in [4.69, 9.17) is 18.9 Å². The van der Waals surface area contributed by atoms with Crippen molar-refractivity contribution in [1.29, 1.82) is 0 Å². The highest BCUT2D eigenvalue weighted by atomic mass is 32.2. The third-order valence-electron chi connectivity index (χ3n) is 10.8. The van der Waals surface area contributed by atoms with Crippen molar-refractivity contribution >= 4 is 56.5 Å². The first-order valence-electron chi connectivity index (χ1n) is 18.8. The van der Waals surface area contributed by atoms with Crippen molar-refractivity contribution in [2.45, 2.75) is 106 Å². The number of carbonyl (C=O) groups excluding carboxylic acids is 6. The molecule has 19 heteroatoms. The number of carbonyl (C=O) groups is 6. The molecule has 1 aromatic heterocycles. The molecule has 5 aliphatic rings. The molecule has 7 rings (SSSR count). The number of likely N-dealkylation sites (tertiary alicyclic amines) is 2. The minimum atomic E-state index is -3.97. The third-order valence-corrected chi connectivity index (χ3v) is 12.6. The Balaban J connectivity index is 1.18. The van der Waals surface area contributed by atoms with E-state index < -0.39 is 105 Å². The molecule has 2 aromatic rings. The average Bonchev–Trinajstić information content (AvgIpc) is 4.00. The maximum Gasteiger partial charge on any atom is 0.408 e. The molecule has 3 aliphatic heterocycles. The summed E-state index contributed by atoms with van der Waals surface area (Å²) in [5.41, 5.74) is -2.63. The molecule has 2 aliphatic carbocycles. The summed E-state index contributed by atoms with van der Waals surface area (Å²) in [5.74, 6) is -3.50. The van der Waals surface area contributed by atoms with Gasteiger partial charge in [-0.2, -0.15) is 0 Å². The molecule has 5 fully saturated rings. The number of fused-ring (bicyclic) bond motifs is 3. The van der Waals surface area contributed by atoms with Crippen LogP contribution in [-0.2, 0) is 43.5 Å². The number of rotatable bonds is 13. The van der Waals surface area contributed by atoms with Gasteiger partial charge in [0, 0.05) is 30.3 Å². The number of ether oxygens (including phenoxy) is 4. The number of methoxy groups -OCH3 is 1. The standard InChI is InChI=1S/C38H46N6O12S/c1-6-21-17-38(21,35(49)42-57(51,52)25-8-9-25)41-31(46)28-14-23(54-32-26-10-7-22(53-5)13-20(26)11-12-39-32)19-44(28)33(47)27(40-36(50)56-37(2,3)4)16-30(45)43-18-24-15-29(43)34(48)55-24/h6-7,10-13,21,23-25,27-29H,1,8-9,14-19H2,2-5H3,(H,40,50)(H,41,46)(H,42,49)/t21?,23?,24-,27-,28?,29-,38+/m0/s1. The van der Waals surface area contributed by atoms with E-state index in [1.165, 1.54) is 24.3 Å². The van der Waals surface area contributed by atoms with Crippen LogP contribution in [0.5, 0.6) is 11.6 Å². The Morgan fingerprint density at radius 2 is 1.86 bits per heavy atom. The monoisotopic (exact) mass is 810 g/mol. The van der Waals surface area contributed by atoms with Crippen molar-refractivity contribution in [2.75, 3.05) is 20.2 Å². The first-order chi connectivity index (χ1) is 26.9. The molecule has 2 saturated carbocycles. The van der Waals surface area contributed by atoms with Crippen molar-refractivity contribution in [2.24, 2.45) is 5.92 Å². The highest BCUT2D eigenvalue weighted by Crippen LogP contribution is 2.45. The normalized spacial score (nSPS) is 26.9. The molecular weight excluding hydrogens is 765 g/mol. The summed E-state index contributed by atoms with van der Waals surface area (Å²) in [6.07, 6.45) is 1.16. The number of hydrogen-bond donors (Lipinski definition) is 3. The minimum absolute atomic E-state index is 0.0655. The van der Waals surface area contributed by atoms with Crippen LogP contribution in [-0.4, -0.2) is 126 Å². The molecule has 4 heterocycles. The van der Waals surface area contributed by atoms with Crippen LogP contribution in [0.1, 0.15) is 59.3 Å². The molecule has 5 amide bonds. The van der Waals surface area contributed by atoms with Gasteiger partial charge in [0.25, 0.3) is 5.91 Å². The molecule has 0 spiro atoms. The van der Waals surface area contributed by atoms with Crippen LogP contribution in [0.25, 0.3) is 10.8 Å². The number of sulfonamides is 1. The Hall–Kier alpha value is -5.46. The summed E-state index contributed by atoms with van der Waals surface area (Å²) in [7, 11) is -2.43. The first kappa shape index (κ1) is 39.8. The van der Waals surface area contributed by atoms with Crippen LogP contribution in [0.15, 0.2) is 43.1 Å². The zero-order chi connectivity index (χ0) is 41.0. The van der Waals surface area contributed by atoms with E-state index in [2.05, 4.69) is 26.9 Å². The summed E-state index contributed by atoms with van der Waals surface area (Å²) in [5, 5.41) is 5.89. The van der Waals surface area contributed by atoms with Gasteiger partial charge >= 0.3 is 12.1 Å². The Bertz CT molecular complexity index is 2140. The Morgan fingerprint density at radius 3 is 2.49 bits per heavy atom. The van der Waals surface area contributed by atoms with Gasteiger partial charge in [-0.1, -0.05) is 6.08 Å². The second-order valence-corrected chi connectivity index (χ2v) is 18.1. The van der Waals surface area contributed by atoms with Crippen LogP contribution in [0.4, 0.5) is 4.79 Å². The maximum atomic E-state index is 14.7. The number of hydrogen-bond acceptors (Lipinski definition) is 13. The molecule has 7 atom stereocenters. The average molecular weight is 811 g/mol. The second-order valence-electron chi connectivity index (χ2n) is 16.1. The quantitative estimate of drug-likeness (QED) is 0.190. The van der Waals surface area contributed by atoms with E-state index in [0.717, 1.165) is 10.3 Å². The number of nitrogens with one attached hydrogen (secondary N) is 3. The van der Waals surface area contributed by atoms with Crippen molar-refractivity contribution in [3.63, 3.8) is 0 Å². The molecule has 3 saturated heterocycles. The van der Waals surface area contributed by atoms with Gasteiger partial charge in [-0.25, -0.2) is 23.0 Å². The van der Waals surface area contributed by atoms with Gasteiger partial charge in [0.15, 0.2) is 0 Å². The summed E-state index contributed by atoms with van der Waals surface area (Å²) in [4.78, 5) is 88.6. The van der Waals surface area contributed by atoms with Gasteiger partial charge in [-0.05, 0) is 69.7 Å². The highest BCUT2D eigenvalue weighted by molar-refractivity contribution is 7.91. The predicted octanol–water partition coefficient (Wildman–Crippen LogP) is 1.07. The van der Waals surface area contributed by atoms with Crippen LogP contribution >= 0.6 is 0 Å². The van der Waals surface area contributed by atoms with E-state index in [0.29, 0.717) is 30.4 Å². The lowest BCUT2D eigenvalue weighted by atomic mass is 10.1. The minimum Gasteiger partial charge on any atom is -0.497 e. The number of esters is 1. The van der Waals surface area contributed by atoms with Gasteiger partial charge in [-0.15, -0.1) is 6.58 Å². The number of pyridine rings is 1. The Morgan fingerprint density at radius 1 is 1.11 bits per heavy atom. The predicted molar refractivity (Wildman–Crippen MR) is 200 cm³/mol. The van der Waals surface area contributed by atoms with Gasteiger partial charge in [-0.3, -0.25) is 23.9 Å². The molecular formula is C38H46N6O12S. The fraction of sp³-hybridized carbons (Fsp3) is 0.553. The van der Waals surface area contributed by atoms with Crippen molar-refractivity contribution in [1.82, 2.24) is 30.1 Å². The smallest absolute Gasteiger partial charge is 0.408 e. The molecule has 3 N–H and O–H groups in total. The number of nitrogens with zero attached hydrogens (tertiary/aromatic N) is 3. The number of morpholine rings is 1. The highest BCUT2D eigenvalue weighted by Gasteiger charge is 2.62. The lowest BCUT2D eigenvalue weighted by molar-refractivity contribution is -0.157. The van der Waals surface area contributed by atoms with Crippen molar-refractivity contribution in [3.8, 4) is 11.6 Å². The topological polar surface area (TPSA) is 229 Å². The molecule has 306 valence electrons. The Labute approximate surface area is 329 Å². The largest absolute Gasteiger partial charge is 0.497 e. The van der Waals surface area contributed by atoms with Gasteiger partial charge in [0.05, 0.1) is 31.9 Å². The van der Waals surface area contributed by atoms with Crippen LogP contribution in [0.3, 0.4) is 0 Å². The molecule has 18 nitrogen and oxygen atoms in total. The second kappa shape index (κ2) is 14.8. The fourth-order valence-electron chi connectivity index (χ4n) is 7.67. The number of benzene rings is 1. The fourth-order valence-corrected chi connectivity index (χ4v) is 9.03.